The molecule has 1 N–H and O–H groups in total. The van der Waals surface area contributed by atoms with E-state index in [-0.39, 0.29) is 6.61 Å². The molecule has 2 rings (SSSR count). The molecule has 6 heteroatoms. The summed E-state index contributed by atoms with van der Waals surface area (Å²) in [5, 5.41) is 6.79. The van der Waals surface area contributed by atoms with Crippen LogP contribution in [0.25, 0.3) is 0 Å². The molecule has 0 aliphatic carbocycles. The fraction of sp³-hybridized carbons (Fsp3) is 0.0667. The first-order valence-electron chi connectivity index (χ1n) is 6.10. The predicted molar refractivity (Wildman–Crippen MR) is 80.0 cm³/mol. The van der Waals surface area contributed by atoms with Gasteiger partial charge in [-0.15, -0.1) is 0 Å². The first kappa shape index (κ1) is 15.0. The number of halogens is 2. The monoisotopic (exact) mass is 306 g/mol. The zero-order chi connectivity index (χ0) is 15.1. The third kappa shape index (κ3) is 5.24. The molecule has 0 aliphatic rings. The van der Waals surface area contributed by atoms with Crippen LogP contribution in [-0.4, -0.2) is 18.7 Å². The van der Waals surface area contributed by atoms with Crippen molar-refractivity contribution < 1.29 is 14.0 Å². The number of nitrogens with zero attached hydrogens (tertiary/aromatic N) is 1. The highest BCUT2D eigenvalue weighted by atomic mass is 35.5. The first-order valence-corrected chi connectivity index (χ1v) is 6.47. The second kappa shape index (κ2) is 7.40. The van der Waals surface area contributed by atoms with Crippen molar-refractivity contribution in [1.82, 2.24) is 0 Å². The maximum absolute atomic E-state index is 12.9. The van der Waals surface area contributed by atoms with Gasteiger partial charge in [0.25, 0.3) is 5.91 Å². The number of rotatable bonds is 5. The van der Waals surface area contributed by atoms with Gasteiger partial charge in [0.05, 0.1) is 6.21 Å². The fourth-order valence-corrected chi connectivity index (χ4v) is 1.63. The molecule has 0 saturated carbocycles. The molecular weight excluding hydrogens is 295 g/mol. The molecule has 2 aromatic carbocycles. The third-order valence-electron chi connectivity index (χ3n) is 2.45. The van der Waals surface area contributed by atoms with Crippen LogP contribution in [0.1, 0.15) is 5.56 Å². The second-order valence-corrected chi connectivity index (χ2v) is 4.55. The Labute approximate surface area is 126 Å². The van der Waals surface area contributed by atoms with Crippen LogP contribution in [0, 0.1) is 5.82 Å². The summed E-state index contributed by atoms with van der Waals surface area (Å²) >= 11 is 5.75. The highest BCUT2D eigenvalue weighted by Crippen LogP contribution is 2.09. The van der Waals surface area contributed by atoms with Gasteiger partial charge in [-0.25, -0.2) is 4.39 Å². The largest absolute Gasteiger partial charge is 0.386 e. The van der Waals surface area contributed by atoms with E-state index in [1.165, 1.54) is 24.4 Å². The molecule has 2 aromatic rings. The summed E-state index contributed by atoms with van der Waals surface area (Å²) in [6, 6.07) is 12.6. The van der Waals surface area contributed by atoms with Gasteiger partial charge in [0, 0.05) is 10.7 Å². The number of nitrogens with one attached hydrogen (secondary N) is 1. The Balaban J connectivity index is 1.78. The van der Waals surface area contributed by atoms with E-state index in [0.717, 1.165) is 5.56 Å². The SMILES string of the molecule is O=C(CO/N=C\c1ccc(Cl)cc1)Nc1cccc(F)c1. The zero-order valence-electron chi connectivity index (χ0n) is 10.9. The summed E-state index contributed by atoms with van der Waals surface area (Å²) in [4.78, 5) is 16.4. The van der Waals surface area contributed by atoms with Crippen LogP contribution in [0.4, 0.5) is 10.1 Å². The van der Waals surface area contributed by atoms with Crippen molar-refractivity contribution in [2.75, 3.05) is 11.9 Å². The molecule has 21 heavy (non-hydrogen) atoms. The number of amides is 1. The van der Waals surface area contributed by atoms with Crippen molar-refractivity contribution in [3.8, 4) is 0 Å². The van der Waals surface area contributed by atoms with E-state index in [9.17, 15) is 9.18 Å². The fourth-order valence-electron chi connectivity index (χ4n) is 1.51. The Hall–Kier alpha value is -2.40. The number of carbonyl (C=O) groups is 1. The molecule has 0 aromatic heterocycles. The number of anilines is 1. The molecule has 0 heterocycles. The van der Waals surface area contributed by atoms with E-state index in [1.54, 1.807) is 30.3 Å². The van der Waals surface area contributed by atoms with Crippen molar-refractivity contribution in [2.45, 2.75) is 0 Å². The van der Waals surface area contributed by atoms with Gasteiger partial charge in [-0.1, -0.05) is 35.0 Å². The summed E-state index contributed by atoms with van der Waals surface area (Å²) in [6.07, 6.45) is 1.46. The number of oxime groups is 1. The van der Waals surface area contributed by atoms with Gasteiger partial charge in [0.15, 0.2) is 6.61 Å². The normalized spacial score (nSPS) is 10.6. The Kier molecular flexibility index (Phi) is 5.29. The number of benzene rings is 2. The molecule has 0 fully saturated rings. The van der Waals surface area contributed by atoms with Gasteiger partial charge < -0.3 is 10.2 Å². The van der Waals surface area contributed by atoms with Gasteiger partial charge in [0.1, 0.15) is 5.82 Å². The topological polar surface area (TPSA) is 50.7 Å². The lowest BCUT2D eigenvalue weighted by atomic mass is 10.2. The van der Waals surface area contributed by atoms with Crippen LogP contribution in [0.15, 0.2) is 53.7 Å². The average Bonchev–Trinajstić information content (AvgIpc) is 2.45. The van der Waals surface area contributed by atoms with Crippen molar-refractivity contribution >= 4 is 29.4 Å². The molecule has 0 unspecified atom stereocenters. The Morgan fingerprint density at radius 1 is 1.29 bits per heavy atom. The number of hydrogen-bond acceptors (Lipinski definition) is 3. The van der Waals surface area contributed by atoms with Gasteiger partial charge in [-0.05, 0) is 35.9 Å². The van der Waals surface area contributed by atoms with E-state index >= 15 is 0 Å². The minimum atomic E-state index is -0.422. The quantitative estimate of drug-likeness (QED) is 0.679. The van der Waals surface area contributed by atoms with E-state index in [2.05, 4.69) is 10.5 Å². The summed E-state index contributed by atoms with van der Waals surface area (Å²) in [6.45, 7) is -0.263. The summed E-state index contributed by atoms with van der Waals surface area (Å²) in [5.41, 5.74) is 1.16. The second-order valence-electron chi connectivity index (χ2n) is 4.12. The molecular formula is C15H12ClFN2O2. The third-order valence-corrected chi connectivity index (χ3v) is 2.70. The molecule has 0 saturated heterocycles. The summed E-state index contributed by atoms with van der Waals surface area (Å²) in [5.74, 6) is -0.844. The number of carbonyl (C=O) groups excluding carboxylic acids is 1. The van der Waals surface area contributed by atoms with Gasteiger partial charge in [-0.2, -0.15) is 0 Å². The Morgan fingerprint density at radius 3 is 2.76 bits per heavy atom. The number of hydrogen-bond donors (Lipinski definition) is 1. The van der Waals surface area contributed by atoms with Crippen molar-refractivity contribution in [2.24, 2.45) is 5.16 Å². The van der Waals surface area contributed by atoms with Crippen molar-refractivity contribution in [3.05, 3.63) is 64.9 Å². The highest BCUT2D eigenvalue weighted by molar-refractivity contribution is 6.30. The van der Waals surface area contributed by atoms with Gasteiger partial charge in [-0.3, -0.25) is 4.79 Å². The molecule has 4 nitrogen and oxygen atoms in total. The smallest absolute Gasteiger partial charge is 0.265 e. The van der Waals surface area contributed by atoms with Crippen LogP contribution in [0.5, 0.6) is 0 Å². The van der Waals surface area contributed by atoms with Gasteiger partial charge in [0.2, 0.25) is 0 Å². The van der Waals surface area contributed by atoms with Crippen LogP contribution in [-0.2, 0) is 9.63 Å². The van der Waals surface area contributed by atoms with E-state index in [0.29, 0.717) is 10.7 Å². The first-order chi connectivity index (χ1) is 10.1. The standard InChI is InChI=1S/C15H12ClFN2O2/c16-12-6-4-11(5-7-12)9-18-21-10-15(20)19-14-3-1-2-13(17)8-14/h1-9H,10H2,(H,19,20)/b18-9-. The molecule has 1 amide bonds. The maximum Gasteiger partial charge on any atom is 0.265 e. The maximum atomic E-state index is 12.9. The van der Waals surface area contributed by atoms with Crippen molar-refractivity contribution in [3.63, 3.8) is 0 Å². The van der Waals surface area contributed by atoms with Crippen LogP contribution in [0.2, 0.25) is 5.02 Å². The predicted octanol–water partition coefficient (Wildman–Crippen LogP) is 3.47. The van der Waals surface area contributed by atoms with Crippen LogP contribution in [0.3, 0.4) is 0 Å². The summed E-state index contributed by atoms with van der Waals surface area (Å²) < 4.78 is 12.9. The molecule has 0 aliphatic heterocycles. The lowest BCUT2D eigenvalue weighted by Gasteiger charge is -2.03. The minimum absolute atomic E-state index is 0.263. The zero-order valence-corrected chi connectivity index (χ0v) is 11.7. The molecule has 0 spiro atoms. The Morgan fingerprint density at radius 2 is 2.05 bits per heavy atom. The molecule has 108 valence electrons. The van der Waals surface area contributed by atoms with Gasteiger partial charge >= 0.3 is 0 Å². The lowest BCUT2D eigenvalue weighted by molar-refractivity contribution is -0.120. The minimum Gasteiger partial charge on any atom is -0.386 e. The lowest BCUT2D eigenvalue weighted by Crippen LogP contribution is -2.17. The van der Waals surface area contributed by atoms with Crippen LogP contribution >= 0.6 is 11.6 Å². The average molecular weight is 307 g/mol. The van der Waals surface area contributed by atoms with Crippen LogP contribution < -0.4 is 5.32 Å². The molecule has 0 radical (unpaired) electrons. The van der Waals surface area contributed by atoms with E-state index < -0.39 is 11.7 Å². The van der Waals surface area contributed by atoms with E-state index in [1.807, 2.05) is 0 Å². The molecule has 0 bridgehead atoms. The highest BCUT2D eigenvalue weighted by Gasteiger charge is 2.03. The van der Waals surface area contributed by atoms with E-state index in [4.69, 9.17) is 16.4 Å². The Bertz CT molecular complexity index is 644. The van der Waals surface area contributed by atoms with Crippen molar-refractivity contribution in [1.29, 1.82) is 0 Å². The summed E-state index contributed by atoms with van der Waals surface area (Å²) in [7, 11) is 0. The molecule has 0 atom stereocenters.